The van der Waals surface area contributed by atoms with Gasteiger partial charge in [0.25, 0.3) is 17.7 Å². The van der Waals surface area contributed by atoms with E-state index in [1.54, 1.807) is 49.6 Å². The maximum Gasteiger partial charge on any atom is 0.290 e. The number of nitrogens with one attached hydrogen (secondary N) is 1. The van der Waals surface area contributed by atoms with Gasteiger partial charge in [-0.3, -0.25) is 14.4 Å². The number of benzene rings is 3. The number of rotatable bonds is 9. The summed E-state index contributed by atoms with van der Waals surface area (Å²) in [6.45, 7) is 2.21. The van der Waals surface area contributed by atoms with Crippen LogP contribution in [0.5, 0.6) is 0 Å². The third-order valence-electron chi connectivity index (χ3n) is 7.59. The van der Waals surface area contributed by atoms with Gasteiger partial charge in [-0.1, -0.05) is 29.8 Å². The number of fused-ring (bicyclic) bond motifs is 2. The van der Waals surface area contributed by atoms with Gasteiger partial charge in [0, 0.05) is 40.6 Å². The number of halogens is 1. The second-order valence-corrected chi connectivity index (χ2v) is 10.9. The number of anilines is 2. The molecule has 0 bridgehead atoms. The summed E-state index contributed by atoms with van der Waals surface area (Å²) in [5.74, 6) is -1.45. The summed E-state index contributed by atoms with van der Waals surface area (Å²) in [6, 6.07) is 17.3. The van der Waals surface area contributed by atoms with Crippen molar-refractivity contribution in [3.63, 3.8) is 0 Å². The van der Waals surface area contributed by atoms with E-state index < -0.39 is 24.0 Å². The van der Waals surface area contributed by atoms with E-state index in [-0.39, 0.29) is 23.8 Å². The predicted octanol–water partition coefficient (Wildman–Crippen LogP) is 6.34. The number of amides is 3. The molecule has 0 radical (unpaired) electrons. The van der Waals surface area contributed by atoms with Gasteiger partial charge in [0.2, 0.25) is 6.29 Å². The van der Waals surface area contributed by atoms with Crippen molar-refractivity contribution in [3.05, 3.63) is 106 Å². The van der Waals surface area contributed by atoms with Crippen LogP contribution in [0.2, 0.25) is 5.02 Å². The molecular formula is C33H29ClN2O7. The molecule has 2 aliphatic heterocycles. The summed E-state index contributed by atoms with van der Waals surface area (Å²) in [5, 5.41) is 13.3. The van der Waals surface area contributed by atoms with Gasteiger partial charge in [-0.2, -0.15) is 0 Å². The predicted molar refractivity (Wildman–Crippen MR) is 161 cm³/mol. The van der Waals surface area contributed by atoms with Crippen LogP contribution < -0.4 is 10.2 Å². The van der Waals surface area contributed by atoms with Crippen molar-refractivity contribution >= 4 is 51.7 Å². The van der Waals surface area contributed by atoms with Gasteiger partial charge in [0.15, 0.2) is 5.76 Å². The lowest BCUT2D eigenvalue weighted by Gasteiger charge is -2.29. The fourth-order valence-corrected chi connectivity index (χ4v) is 5.63. The average molecular weight is 601 g/mol. The smallest absolute Gasteiger partial charge is 0.290 e. The second-order valence-electron chi connectivity index (χ2n) is 10.5. The molecule has 1 aromatic heterocycles. The lowest BCUT2D eigenvalue weighted by molar-refractivity contribution is -0.143. The molecule has 0 fully saturated rings. The molecule has 3 aromatic carbocycles. The van der Waals surface area contributed by atoms with Crippen molar-refractivity contribution in [2.45, 2.75) is 38.4 Å². The molecule has 0 aliphatic carbocycles. The Hall–Kier alpha value is -4.44. The van der Waals surface area contributed by atoms with Crippen molar-refractivity contribution in [1.29, 1.82) is 0 Å². The number of allylic oxidation sites excluding steroid dienone is 1. The van der Waals surface area contributed by atoms with Crippen LogP contribution in [-0.2, 0) is 14.3 Å². The summed E-state index contributed by atoms with van der Waals surface area (Å²) in [5.41, 5.74) is 3.72. The Labute approximate surface area is 252 Å². The Balaban J connectivity index is 1.22. The highest BCUT2D eigenvalue weighted by molar-refractivity contribution is 6.37. The Morgan fingerprint density at radius 1 is 1.07 bits per heavy atom. The lowest BCUT2D eigenvalue weighted by Crippen LogP contribution is -2.30. The van der Waals surface area contributed by atoms with Crippen LogP contribution in [0, 0.1) is 6.92 Å². The number of aryl methyl sites for hydroxylation is 1. The molecule has 2 N–H and O–H groups in total. The second kappa shape index (κ2) is 12.0. The molecular weight excluding hydrogens is 572 g/mol. The monoisotopic (exact) mass is 600 g/mol. The first-order valence-electron chi connectivity index (χ1n) is 14.0. The number of para-hydroxylation sites is 1. The zero-order chi connectivity index (χ0) is 30.1. The average Bonchev–Trinajstić information content (AvgIpc) is 3.54. The minimum atomic E-state index is -0.672. The van der Waals surface area contributed by atoms with Gasteiger partial charge >= 0.3 is 0 Å². The van der Waals surface area contributed by atoms with Crippen LogP contribution in [0.15, 0.2) is 83.2 Å². The Morgan fingerprint density at radius 3 is 2.70 bits per heavy atom. The van der Waals surface area contributed by atoms with Gasteiger partial charge in [0.05, 0.1) is 29.7 Å². The third kappa shape index (κ3) is 5.67. The van der Waals surface area contributed by atoms with Crippen molar-refractivity contribution in [2.75, 3.05) is 23.4 Å². The molecule has 3 heterocycles. The summed E-state index contributed by atoms with van der Waals surface area (Å²) >= 11 is 6.05. The van der Waals surface area contributed by atoms with Crippen LogP contribution >= 0.6 is 11.6 Å². The SMILES string of the molecule is Cc1cc(NC(=O)C2=CC(c3coc4ccccc34)CC(OCCCCO)O2)ccc1N1C(=O)c2ccc(Cl)cc2C1=O. The third-order valence-corrected chi connectivity index (χ3v) is 7.83. The largest absolute Gasteiger partial charge is 0.464 e. The molecule has 0 saturated heterocycles. The maximum atomic E-state index is 13.5. The minimum Gasteiger partial charge on any atom is -0.464 e. The fraction of sp³-hybridized carbons (Fsp3) is 0.242. The number of imide groups is 1. The summed E-state index contributed by atoms with van der Waals surface area (Å²) in [4.78, 5) is 40.7. The summed E-state index contributed by atoms with van der Waals surface area (Å²) in [6.07, 6.45) is 4.55. The standard InChI is InChI=1S/C33H29ClN2O7/c1-19-14-22(9-11-27(19)36-32(39)24-10-8-21(34)17-25(24)33(36)40)35-31(38)29-15-20(16-30(43-29)41-13-5-4-12-37)26-18-42-28-7-3-2-6-23(26)28/h2-3,6-11,14-15,17-18,20,30,37H,4-5,12-13,16H2,1H3,(H,35,38). The van der Waals surface area contributed by atoms with E-state index in [1.165, 1.54) is 6.07 Å². The Bertz CT molecular complexity index is 1760. The molecule has 9 nitrogen and oxygen atoms in total. The Kier molecular flexibility index (Phi) is 8.03. The number of aliphatic hydroxyl groups excluding tert-OH is 1. The molecule has 0 spiro atoms. The Morgan fingerprint density at radius 2 is 1.88 bits per heavy atom. The minimum absolute atomic E-state index is 0.0750. The van der Waals surface area contributed by atoms with E-state index in [2.05, 4.69) is 5.32 Å². The number of hydrogen-bond acceptors (Lipinski definition) is 7. The van der Waals surface area contributed by atoms with E-state index in [1.807, 2.05) is 24.3 Å². The lowest BCUT2D eigenvalue weighted by atomic mass is 9.92. The van der Waals surface area contributed by atoms with Gasteiger partial charge < -0.3 is 24.3 Å². The molecule has 4 aromatic rings. The molecule has 10 heteroatoms. The number of hydrogen-bond donors (Lipinski definition) is 2. The first kappa shape index (κ1) is 28.7. The summed E-state index contributed by atoms with van der Waals surface area (Å²) in [7, 11) is 0. The maximum absolute atomic E-state index is 13.5. The van der Waals surface area contributed by atoms with E-state index >= 15 is 0 Å². The van der Waals surface area contributed by atoms with Crippen molar-refractivity contribution in [2.24, 2.45) is 0 Å². The van der Waals surface area contributed by atoms with Crippen LogP contribution in [0.4, 0.5) is 11.4 Å². The number of furan rings is 1. The zero-order valence-corrected chi connectivity index (χ0v) is 24.1. The first-order valence-corrected chi connectivity index (χ1v) is 14.4. The molecule has 2 aliphatic rings. The van der Waals surface area contributed by atoms with Crippen molar-refractivity contribution in [3.8, 4) is 0 Å². The van der Waals surface area contributed by atoms with Crippen LogP contribution in [0.1, 0.15) is 57.0 Å². The van der Waals surface area contributed by atoms with E-state index in [9.17, 15) is 14.4 Å². The zero-order valence-electron chi connectivity index (χ0n) is 23.3. The highest BCUT2D eigenvalue weighted by atomic mass is 35.5. The van der Waals surface area contributed by atoms with Gasteiger partial charge in [-0.05, 0) is 73.9 Å². The molecule has 0 saturated carbocycles. The highest BCUT2D eigenvalue weighted by Gasteiger charge is 2.37. The van der Waals surface area contributed by atoms with Crippen LogP contribution in [0.3, 0.4) is 0 Å². The van der Waals surface area contributed by atoms with Crippen molar-refractivity contribution in [1.82, 2.24) is 0 Å². The number of nitrogens with zero attached hydrogens (tertiary/aromatic N) is 1. The first-order chi connectivity index (χ1) is 20.8. The van der Waals surface area contributed by atoms with E-state index in [0.29, 0.717) is 53.4 Å². The van der Waals surface area contributed by atoms with Crippen molar-refractivity contribution < 1.29 is 33.4 Å². The number of carbonyl (C=O) groups excluding carboxylic acids is 3. The number of unbranched alkanes of at least 4 members (excludes halogenated alkanes) is 1. The fourth-order valence-electron chi connectivity index (χ4n) is 5.46. The van der Waals surface area contributed by atoms with Gasteiger partial charge in [-0.15, -0.1) is 0 Å². The normalized spacial score (nSPS) is 18.0. The topological polar surface area (TPSA) is 118 Å². The van der Waals surface area contributed by atoms with Gasteiger partial charge in [0.1, 0.15) is 5.58 Å². The summed E-state index contributed by atoms with van der Waals surface area (Å²) < 4.78 is 17.7. The number of carbonyl (C=O) groups is 3. The van der Waals surface area contributed by atoms with E-state index in [0.717, 1.165) is 21.4 Å². The molecule has 6 rings (SSSR count). The molecule has 2 unspecified atom stereocenters. The molecule has 220 valence electrons. The molecule has 3 amide bonds. The number of ether oxygens (including phenoxy) is 2. The molecule has 2 atom stereocenters. The number of aliphatic hydroxyl groups is 1. The quantitative estimate of drug-likeness (QED) is 0.170. The van der Waals surface area contributed by atoms with Gasteiger partial charge in [-0.25, -0.2) is 4.90 Å². The van der Waals surface area contributed by atoms with Crippen LogP contribution in [0.25, 0.3) is 11.0 Å². The van der Waals surface area contributed by atoms with Crippen LogP contribution in [-0.4, -0.2) is 42.3 Å². The molecule has 43 heavy (non-hydrogen) atoms. The highest BCUT2D eigenvalue weighted by Crippen LogP contribution is 2.37. The van der Waals surface area contributed by atoms with E-state index in [4.69, 9.17) is 30.6 Å².